The Labute approximate surface area is 581 Å². The van der Waals surface area contributed by atoms with Crippen LogP contribution in [0.5, 0.6) is 0 Å². The van der Waals surface area contributed by atoms with Gasteiger partial charge in [-0.25, -0.2) is 9.13 Å². The van der Waals surface area contributed by atoms with Gasteiger partial charge >= 0.3 is 39.5 Å². The Morgan fingerprint density at radius 2 is 0.562 bits per heavy atom. The standard InChI is InChI=1S/C77H130O17P2/c1-5-9-13-17-21-25-29-32-34-35-37-40-43-46-50-54-58-62-75(80)87-67-72(93-76(81)63-59-55-51-47-41-28-24-20-16-12-8-4)69-91-95(83,84)89-65-71(78)66-90-96(85,86)92-70-73(94-77(82)64-60-56-52-48-44-38-31-27-23-19-15-11-7-3)68-88-74(79)61-57-53-49-45-42-39-36-33-30-26-22-18-14-10-6-2/h9-10,13-14,20-22,24-27,31-34,36-37,40,46,50,71-73,78H,5-8,11-12,15-19,23,28-30,35,38-39,41-45,47-49,51-70H2,1-4H3,(H,83,84)(H,85,86)/b13-9-,14-10-,24-20-,25-21-,26-22-,31-27-,34-32-,36-33-,40-37-,50-46-. The Bertz CT molecular complexity index is 2300. The molecular weight excluding hydrogens is 1260 g/mol. The molecule has 0 radical (unpaired) electrons. The number of carbonyl (C=O) groups excluding carboxylic acids is 4. The van der Waals surface area contributed by atoms with Gasteiger partial charge in [-0.15, -0.1) is 0 Å². The molecule has 0 aliphatic heterocycles. The van der Waals surface area contributed by atoms with Gasteiger partial charge in [0.05, 0.1) is 26.4 Å². The summed E-state index contributed by atoms with van der Waals surface area (Å²) in [5.41, 5.74) is 0. The van der Waals surface area contributed by atoms with E-state index in [9.17, 15) is 43.2 Å². The molecule has 0 bridgehead atoms. The zero-order valence-electron chi connectivity index (χ0n) is 59.8. The quantitative estimate of drug-likeness (QED) is 0.0169. The molecule has 0 aliphatic rings. The van der Waals surface area contributed by atoms with E-state index in [-0.39, 0.29) is 25.7 Å². The number of esters is 4. The number of aliphatic hydroxyl groups is 1. The number of ether oxygens (including phenoxy) is 4. The molecule has 0 spiro atoms. The van der Waals surface area contributed by atoms with Crippen molar-refractivity contribution in [2.45, 2.75) is 303 Å². The van der Waals surface area contributed by atoms with E-state index in [0.717, 1.165) is 161 Å². The molecule has 0 rings (SSSR count). The van der Waals surface area contributed by atoms with Crippen molar-refractivity contribution < 1.29 is 80.2 Å². The van der Waals surface area contributed by atoms with E-state index >= 15 is 0 Å². The van der Waals surface area contributed by atoms with Crippen LogP contribution >= 0.6 is 15.6 Å². The van der Waals surface area contributed by atoms with Crippen LogP contribution in [0.25, 0.3) is 0 Å². The van der Waals surface area contributed by atoms with Gasteiger partial charge in [0.1, 0.15) is 19.3 Å². The van der Waals surface area contributed by atoms with E-state index in [0.29, 0.717) is 32.1 Å². The molecule has 96 heavy (non-hydrogen) atoms. The molecule has 17 nitrogen and oxygen atoms in total. The van der Waals surface area contributed by atoms with Gasteiger partial charge in [-0.05, 0) is 141 Å². The third kappa shape index (κ3) is 68.0. The summed E-state index contributed by atoms with van der Waals surface area (Å²) < 4.78 is 68.2. The minimum atomic E-state index is -4.99. The fraction of sp³-hybridized carbons (Fsp3) is 0.688. The van der Waals surface area contributed by atoms with E-state index in [1.54, 1.807) is 0 Å². The molecule has 0 saturated heterocycles. The molecular formula is C77H130O17P2. The number of allylic oxidation sites excluding steroid dienone is 20. The number of phosphoric ester groups is 2. The molecule has 0 heterocycles. The summed E-state index contributed by atoms with van der Waals surface area (Å²) in [4.78, 5) is 72.7. The molecule has 0 amide bonds. The maximum atomic E-state index is 13.0. The monoisotopic (exact) mass is 1390 g/mol. The number of hydrogen-bond acceptors (Lipinski definition) is 15. The Balaban J connectivity index is 5.38. The molecule has 0 aromatic rings. The minimum absolute atomic E-state index is 0.0696. The topological polar surface area (TPSA) is 237 Å². The van der Waals surface area contributed by atoms with Gasteiger partial charge in [0.15, 0.2) is 12.2 Å². The SMILES string of the molecule is CC/C=C\C/C=C\C/C=C\C/C=C\C/C=C\CCCC(=O)OCC(COP(=O)(O)OCC(O)COP(=O)(O)OCC(COC(=O)CCCCCCC/C=C\C/C=C\C/C=C\CC)OC(=O)CCCCCCC/C=C\CCCCCC)OC(=O)CCCCCCC/C=C\CCCC. The molecule has 550 valence electrons. The van der Waals surface area contributed by atoms with Gasteiger partial charge in [-0.2, -0.15) is 0 Å². The fourth-order valence-electron chi connectivity index (χ4n) is 9.30. The molecule has 0 aliphatic carbocycles. The van der Waals surface area contributed by atoms with Crippen molar-refractivity contribution in [1.29, 1.82) is 0 Å². The Kier molecular flexibility index (Phi) is 65.7. The van der Waals surface area contributed by atoms with E-state index < -0.39 is 97.5 Å². The lowest BCUT2D eigenvalue weighted by molar-refractivity contribution is -0.161. The summed E-state index contributed by atoms with van der Waals surface area (Å²) in [5.74, 6) is -2.28. The second-order valence-electron chi connectivity index (χ2n) is 24.1. The van der Waals surface area contributed by atoms with E-state index in [1.165, 1.54) is 38.5 Å². The number of unbranched alkanes of at least 4 members (excludes halogenated alkanes) is 22. The van der Waals surface area contributed by atoms with E-state index in [4.69, 9.17) is 37.0 Å². The maximum absolute atomic E-state index is 13.0. The van der Waals surface area contributed by atoms with Crippen molar-refractivity contribution in [3.63, 3.8) is 0 Å². The molecule has 0 fully saturated rings. The Morgan fingerprint density at radius 3 is 0.917 bits per heavy atom. The van der Waals surface area contributed by atoms with Crippen molar-refractivity contribution >= 4 is 39.5 Å². The van der Waals surface area contributed by atoms with Crippen molar-refractivity contribution in [2.24, 2.45) is 0 Å². The van der Waals surface area contributed by atoms with E-state index in [2.05, 4.69) is 137 Å². The molecule has 5 unspecified atom stereocenters. The van der Waals surface area contributed by atoms with Crippen LogP contribution < -0.4 is 0 Å². The highest BCUT2D eigenvalue weighted by atomic mass is 31.2. The van der Waals surface area contributed by atoms with Crippen LogP contribution in [-0.4, -0.2) is 96.7 Å². The van der Waals surface area contributed by atoms with Crippen LogP contribution in [0.2, 0.25) is 0 Å². The van der Waals surface area contributed by atoms with Gasteiger partial charge in [-0.1, -0.05) is 239 Å². The summed E-state index contributed by atoms with van der Waals surface area (Å²) >= 11 is 0. The van der Waals surface area contributed by atoms with Crippen molar-refractivity contribution in [2.75, 3.05) is 39.6 Å². The van der Waals surface area contributed by atoms with Crippen molar-refractivity contribution in [3.05, 3.63) is 122 Å². The number of carbonyl (C=O) groups is 4. The largest absolute Gasteiger partial charge is 0.472 e. The molecule has 0 saturated carbocycles. The summed E-state index contributed by atoms with van der Waals surface area (Å²) in [6, 6.07) is 0. The normalized spacial score (nSPS) is 14.7. The summed E-state index contributed by atoms with van der Waals surface area (Å²) in [7, 11) is -9.97. The first-order valence-electron chi connectivity index (χ1n) is 36.8. The lowest BCUT2D eigenvalue weighted by Gasteiger charge is -2.21. The van der Waals surface area contributed by atoms with Gasteiger partial charge in [-0.3, -0.25) is 37.3 Å². The summed E-state index contributed by atoms with van der Waals surface area (Å²) in [5, 5.41) is 10.6. The predicted molar refractivity (Wildman–Crippen MR) is 390 cm³/mol. The maximum Gasteiger partial charge on any atom is 0.472 e. The average Bonchev–Trinajstić information content (AvgIpc) is 1.13. The molecule has 0 aromatic carbocycles. The second kappa shape index (κ2) is 69.0. The molecule has 0 aromatic heterocycles. The summed E-state index contributed by atoms with van der Waals surface area (Å²) in [6.45, 7) is 4.47. The average molecular weight is 1390 g/mol. The van der Waals surface area contributed by atoms with Crippen LogP contribution in [-0.2, 0) is 65.4 Å². The third-order valence-corrected chi connectivity index (χ3v) is 16.8. The number of aliphatic hydroxyl groups excluding tert-OH is 1. The fourth-order valence-corrected chi connectivity index (χ4v) is 10.9. The Morgan fingerprint density at radius 1 is 0.302 bits per heavy atom. The Hall–Kier alpha value is -4.54. The van der Waals surface area contributed by atoms with Gasteiger partial charge in [0, 0.05) is 25.7 Å². The van der Waals surface area contributed by atoms with Crippen molar-refractivity contribution in [3.8, 4) is 0 Å². The highest BCUT2D eigenvalue weighted by Crippen LogP contribution is 2.45. The molecule has 3 N–H and O–H groups in total. The van der Waals surface area contributed by atoms with Crippen molar-refractivity contribution in [1.82, 2.24) is 0 Å². The zero-order chi connectivity index (χ0) is 70.4. The first kappa shape index (κ1) is 91.5. The van der Waals surface area contributed by atoms with Gasteiger partial charge in [0.25, 0.3) is 0 Å². The van der Waals surface area contributed by atoms with Crippen LogP contribution in [0.4, 0.5) is 0 Å². The van der Waals surface area contributed by atoms with Gasteiger partial charge < -0.3 is 33.8 Å². The molecule has 5 atom stereocenters. The first-order chi connectivity index (χ1) is 46.7. The first-order valence-corrected chi connectivity index (χ1v) is 39.8. The lowest BCUT2D eigenvalue weighted by Crippen LogP contribution is -2.30. The minimum Gasteiger partial charge on any atom is -0.462 e. The smallest absolute Gasteiger partial charge is 0.462 e. The van der Waals surface area contributed by atoms with E-state index in [1.807, 2.05) is 12.2 Å². The van der Waals surface area contributed by atoms with Crippen LogP contribution in [0.3, 0.4) is 0 Å². The molecule has 19 heteroatoms. The highest BCUT2D eigenvalue weighted by Gasteiger charge is 2.30. The lowest BCUT2D eigenvalue weighted by atomic mass is 10.1. The highest BCUT2D eigenvalue weighted by molar-refractivity contribution is 7.47. The number of phosphoric acid groups is 2. The summed E-state index contributed by atoms with van der Waals surface area (Å²) in [6.07, 6.45) is 73.6. The predicted octanol–water partition coefficient (Wildman–Crippen LogP) is 20.8. The van der Waals surface area contributed by atoms with Crippen LogP contribution in [0, 0.1) is 0 Å². The number of hydrogen-bond donors (Lipinski definition) is 3. The zero-order valence-corrected chi connectivity index (χ0v) is 61.5. The third-order valence-electron chi connectivity index (χ3n) is 14.9. The number of rotatable bonds is 68. The van der Waals surface area contributed by atoms with Crippen LogP contribution in [0.15, 0.2) is 122 Å². The van der Waals surface area contributed by atoms with Crippen LogP contribution in [0.1, 0.15) is 285 Å². The second-order valence-corrected chi connectivity index (χ2v) is 27.0. The van der Waals surface area contributed by atoms with Gasteiger partial charge in [0.2, 0.25) is 0 Å².